The summed E-state index contributed by atoms with van der Waals surface area (Å²) in [6, 6.07) is 0. The average Bonchev–Trinajstić information content (AvgIpc) is 2.41. The smallest absolute Gasteiger partial charge is 0.143 e. The summed E-state index contributed by atoms with van der Waals surface area (Å²) in [5, 5.41) is 0. The van der Waals surface area contributed by atoms with Crippen molar-refractivity contribution in [1.29, 1.82) is 0 Å². The highest BCUT2D eigenvalue weighted by molar-refractivity contribution is 5.77. The Labute approximate surface area is 124 Å². The number of likely N-dealkylation sites (tertiary alicyclic amines) is 1. The fraction of sp³-hybridized carbons (Fsp3) is 0.938. The highest BCUT2D eigenvalue weighted by Gasteiger charge is 2.24. The average molecular weight is 281 g/mol. The summed E-state index contributed by atoms with van der Waals surface area (Å²) < 4.78 is 0. The summed E-state index contributed by atoms with van der Waals surface area (Å²) in [5.74, 6) is 2.06. The van der Waals surface area contributed by atoms with Crippen molar-refractivity contribution in [1.82, 2.24) is 14.7 Å². The monoisotopic (exact) mass is 281 g/mol. The van der Waals surface area contributed by atoms with Crippen LogP contribution in [-0.2, 0) is 4.79 Å². The van der Waals surface area contributed by atoms with Crippen LogP contribution in [0.1, 0.15) is 33.6 Å². The lowest BCUT2D eigenvalue weighted by atomic mass is 9.87. The molecule has 2 fully saturated rings. The summed E-state index contributed by atoms with van der Waals surface area (Å²) in [4.78, 5) is 18.6. The van der Waals surface area contributed by atoms with Crippen molar-refractivity contribution in [2.45, 2.75) is 33.6 Å². The molecule has 0 atom stereocenters. The van der Waals surface area contributed by atoms with Crippen LogP contribution in [0.3, 0.4) is 0 Å². The number of nitrogens with zero attached hydrogens (tertiary/aromatic N) is 3. The lowest BCUT2D eigenvalue weighted by molar-refractivity contribution is -0.118. The molecule has 0 saturated carbocycles. The molecule has 4 nitrogen and oxygen atoms in total. The van der Waals surface area contributed by atoms with Gasteiger partial charge in [-0.3, -0.25) is 19.5 Å². The van der Waals surface area contributed by atoms with E-state index >= 15 is 0 Å². The third-order valence-corrected chi connectivity index (χ3v) is 4.89. The number of piperidine rings is 1. The molecule has 2 aliphatic heterocycles. The zero-order chi connectivity index (χ0) is 14.5. The number of piperazine rings is 1. The van der Waals surface area contributed by atoms with Crippen LogP contribution in [0.25, 0.3) is 0 Å². The summed E-state index contributed by atoms with van der Waals surface area (Å²) in [6.45, 7) is 15.0. The molecule has 4 heteroatoms. The van der Waals surface area contributed by atoms with Crippen LogP contribution in [0.5, 0.6) is 0 Å². The Hall–Kier alpha value is -0.450. The van der Waals surface area contributed by atoms with Crippen LogP contribution in [0, 0.1) is 11.8 Å². The van der Waals surface area contributed by atoms with E-state index in [0.29, 0.717) is 6.54 Å². The second-order valence-corrected chi connectivity index (χ2v) is 6.94. The first-order valence-electron chi connectivity index (χ1n) is 8.21. The standard InChI is InChI=1S/C16H31N3O/c1-14(2)16-4-6-18(7-5-16)13-19-10-8-17(9-11-19)12-15(3)20/h14,16H,4-13H2,1-3H3. The van der Waals surface area contributed by atoms with Crippen molar-refractivity contribution < 1.29 is 4.79 Å². The van der Waals surface area contributed by atoms with Gasteiger partial charge in [0.25, 0.3) is 0 Å². The highest BCUT2D eigenvalue weighted by Crippen LogP contribution is 2.24. The van der Waals surface area contributed by atoms with E-state index < -0.39 is 0 Å². The van der Waals surface area contributed by atoms with Crippen molar-refractivity contribution in [3.63, 3.8) is 0 Å². The van der Waals surface area contributed by atoms with E-state index in [2.05, 4.69) is 28.5 Å². The molecule has 116 valence electrons. The molecule has 0 spiro atoms. The van der Waals surface area contributed by atoms with E-state index in [0.717, 1.165) is 44.7 Å². The predicted octanol–water partition coefficient (Wildman–Crippen LogP) is 1.52. The first-order valence-corrected chi connectivity index (χ1v) is 8.21. The molecule has 20 heavy (non-hydrogen) atoms. The van der Waals surface area contributed by atoms with Gasteiger partial charge >= 0.3 is 0 Å². The third kappa shape index (κ3) is 4.83. The molecule has 0 aliphatic carbocycles. The minimum Gasteiger partial charge on any atom is -0.299 e. The van der Waals surface area contributed by atoms with Crippen LogP contribution in [0.4, 0.5) is 0 Å². The molecule has 2 aliphatic rings. The van der Waals surface area contributed by atoms with Gasteiger partial charge in [0.1, 0.15) is 5.78 Å². The Bertz CT molecular complexity index is 303. The quantitative estimate of drug-likeness (QED) is 0.763. The highest BCUT2D eigenvalue weighted by atomic mass is 16.1. The third-order valence-electron chi connectivity index (χ3n) is 4.89. The number of hydrogen-bond donors (Lipinski definition) is 0. The van der Waals surface area contributed by atoms with E-state index in [4.69, 9.17) is 0 Å². The molecule has 0 N–H and O–H groups in total. The van der Waals surface area contributed by atoms with E-state index in [1.54, 1.807) is 6.92 Å². The molecule has 0 aromatic carbocycles. The number of carbonyl (C=O) groups is 1. The first kappa shape index (κ1) is 15.9. The predicted molar refractivity (Wildman–Crippen MR) is 82.7 cm³/mol. The Morgan fingerprint density at radius 2 is 1.45 bits per heavy atom. The van der Waals surface area contributed by atoms with Crippen molar-refractivity contribution in [2.75, 3.05) is 52.5 Å². The number of carbonyl (C=O) groups excluding carboxylic acids is 1. The van der Waals surface area contributed by atoms with Gasteiger partial charge in [-0.2, -0.15) is 0 Å². The molecule has 0 amide bonds. The maximum Gasteiger partial charge on any atom is 0.143 e. The van der Waals surface area contributed by atoms with Gasteiger partial charge in [0, 0.05) is 26.2 Å². The molecule has 0 radical (unpaired) electrons. The van der Waals surface area contributed by atoms with Crippen molar-refractivity contribution in [2.24, 2.45) is 11.8 Å². The topological polar surface area (TPSA) is 26.8 Å². The fourth-order valence-electron chi connectivity index (χ4n) is 3.45. The van der Waals surface area contributed by atoms with Crippen LogP contribution >= 0.6 is 0 Å². The summed E-state index contributed by atoms with van der Waals surface area (Å²) in [5.41, 5.74) is 0. The fourth-order valence-corrected chi connectivity index (χ4v) is 3.45. The SMILES string of the molecule is CC(=O)CN1CCN(CN2CCC(C(C)C)CC2)CC1. The molecular weight excluding hydrogens is 250 g/mol. The zero-order valence-electron chi connectivity index (χ0n) is 13.5. The van der Waals surface area contributed by atoms with Gasteiger partial charge in [0.15, 0.2) is 0 Å². The van der Waals surface area contributed by atoms with E-state index in [9.17, 15) is 4.79 Å². The number of ketones is 1. The van der Waals surface area contributed by atoms with Gasteiger partial charge in [-0.05, 0) is 44.7 Å². The summed E-state index contributed by atoms with van der Waals surface area (Å²) >= 11 is 0. The Balaban J connectivity index is 1.65. The normalized spacial score (nSPS) is 24.4. The Morgan fingerprint density at radius 3 is 1.95 bits per heavy atom. The molecule has 0 aromatic heterocycles. The van der Waals surface area contributed by atoms with Crippen molar-refractivity contribution in [3.05, 3.63) is 0 Å². The molecule has 0 aromatic rings. The van der Waals surface area contributed by atoms with Crippen LogP contribution in [-0.4, -0.2) is 73.0 Å². The molecule has 2 rings (SSSR count). The number of rotatable bonds is 5. The zero-order valence-corrected chi connectivity index (χ0v) is 13.5. The molecular formula is C16H31N3O. The van der Waals surface area contributed by atoms with Gasteiger partial charge < -0.3 is 0 Å². The molecule has 0 unspecified atom stereocenters. The summed E-state index contributed by atoms with van der Waals surface area (Å²) in [7, 11) is 0. The van der Waals surface area contributed by atoms with Gasteiger partial charge in [-0.1, -0.05) is 13.8 Å². The minimum absolute atomic E-state index is 0.286. The number of hydrogen-bond acceptors (Lipinski definition) is 4. The largest absolute Gasteiger partial charge is 0.299 e. The lowest BCUT2D eigenvalue weighted by Crippen LogP contribution is -2.52. The van der Waals surface area contributed by atoms with Gasteiger partial charge in [0.05, 0.1) is 13.2 Å². The summed E-state index contributed by atoms with van der Waals surface area (Å²) in [6.07, 6.45) is 2.73. The van der Waals surface area contributed by atoms with Crippen molar-refractivity contribution >= 4 is 5.78 Å². The second-order valence-electron chi connectivity index (χ2n) is 6.94. The van der Waals surface area contributed by atoms with Crippen LogP contribution in [0.15, 0.2) is 0 Å². The van der Waals surface area contributed by atoms with E-state index in [1.165, 1.54) is 25.9 Å². The van der Waals surface area contributed by atoms with Gasteiger partial charge in [-0.25, -0.2) is 0 Å². The minimum atomic E-state index is 0.286. The lowest BCUT2D eigenvalue weighted by Gasteiger charge is -2.40. The maximum atomic E-state index is 11.1. The Kier molecular flexibility index (Phi) is 6.00. The van der Waals surface area contributed by atoms with Crippen molar-refractivity contribution in [3.8, 4) is 0 Å². The van der Waals surface area contributed by atoms with E-state index in [1.807, 2.05) is 0 Å². The number of Topliss-reactive ketones (excluding diaryl/α,β-unsaturated/α-hetero) is 1. The van der Waals surface area contributed by atoms with Gasteiger partial charge in [0.2, 0.25) is 0 Å². The van der Waals surface area contributed by atoms with Gasteiger partial charge in [-0.15, -0.1) is 0 Å². The van der Waals surface area contributed by atoms with Crippen LogP contribution in [0.2, 0.25) is 0 Å². The first-order chi connectivity index (χ1) is 9.54. The molecule has 2 heterocycles. The maximum absolute atomic E-state index is 11.1. The molecule has 0 bridgehead atoms. The second kappa shape index (κ2) is 7.53. The Morgan fingerprint density at radius 1 is 0.950 bits per heavy atom. The van der Waals surface area contributed by atoms with E-state index in [-0.39, 0.29) is 5.78 Å². The molecule has 2 saturated heterocycles. The van der Waals surface area contributed by atoms with Crippen LogP contribution < -0.4 is 0 Å².